The second-order valence-corrected chi connectivity index (χ2v) is 5.12. The number of nitrogens with zero attached hydrogens (tertiary/aromatic N) is 2. The van der Waals surface area contributed by atoms with E-state index in [0.29, 0.717) is 0 Å². The van der Waals surface area contributed by atoms with Gasteiger partial charge in [-0.3, -0.25) is 4.57 Å². The highest BCUT2D eigenvalue weighted by Crippen LogP contribution is 2.30. The molecule has 4 rings (SSSR count). The van der Waals surface area contributed by atoms with Gasteiger partial charge in [0.15, 0.2) is 0 Å². The molecule has 2 aromatic carbocycles. The van der Waals surface area contributed by atoms with Crippen LogP contribution in [0.25, 0.3) is 28.0 Å². The smallest absolute Gasteiger partial charge is 0.137 e. The van der Waals surface area contributed by atoms with Crippen molar-refractivity contribution < 1.29 is 4.39 Å². The van der Waals surface area contributed by atoms with Gasteiger partial charge in [-0.15, -0.1) is 0 Å². The van der Waals surface area contributed by atoms with Gasteiger partial charge in [-0.25, -0.2) is 9.37 Å². The van der Waals surface area contributed by atoms with Crippen molar-refractivity contribution >= 4 is 10.9 Å². The van der Waals surface area contributed by atoms with E-state index in [4.69, 9.17) is 0 Å². The molecule has 2 heterocycles. The van der Waals surface area contributed by atoms with Crippen LogP contribution in [-0.4, -0.2) is 9.55 Å². The third kappa shape index (κ3) is 2.07. The van der Waals surface area contributed by atoms with Crippen LogP contribution < -0.4 is 0 Å². The van der Waals surface area contributed by atoms with Crippen molar-refractivity contribution in [3.63, 3.8) is 0 Å². The molecular weight excluding hydrogens is 275 g/mol. The monoisotopic (exact) mass is 288 g/mol. The highest BCUT2D eigenvalue weighted by atomic mass is 19.1. The van der Waals surface area contributed by atoms with Gasteiger partial charge in [0.05, 0.1) is 11.2 Å². The lowest BCUT2D eigenvalue weighted by Gasteiger charge is -2.10. The summed E-state index contributed by atoms with van der Waals surface area (Å²) >= 11 is 0. The predicted octanol–water partition coefficient (Wildman–Crippen LogP) is 4.83. The number of halogens is 1. The molecule has 22 heavy (non-hydrogen) atoms. The van der Waals surface area contributed by atoms with Gasteiger partial charge in [0.25, 0.3) is 0 Å². The molecule has 0 saturated carbocycles. The van der Waals surface area contributed by atoms with Crippen LogP contribution in [0.4, 0.5) is 4.39 Å². The molecule has 0 aliphatic carbocycles. The summed E-state index contributed by atoms with van der Waals surface area (Å²) in [5, 5.41) is 1.13. The highest BCUT2D eigenvalue weighted by molar-refractivity contribution is 5.88. The van der Waals surface area contributed by atoms with Gasteiger partial charge in [0.2, 0.25) is 0 Å². The fourth-order valence-electron chi connectivity index (χ4n) is 2.72. The SMILES string of the molecule is Fc1ccc(-c2cc3ccccc3n2-c2ccccn2)cc1. The maximum Gasteiger partial charge on any atom is 0.137 e. The molecule has 106 valence electrons. The topological polar surface area (TPSA) is 17.8 Å². The van der Waals surface area contributed by atoms with Crippen molar-refractivity contribution in [2.24, 2.45) is 0 Å². The lowest BCUT2D eigenvalue weighted by Crippen LogP contribution is -1.98. The van der Waals surface area contributed by atoms with Crippen LogP contribution in [0.15, 0.2) is 79.0 Å². The molecule has 0 N–H and O–H groups in total. The van der Waals surface area contributed by atoms with Crippen molar-refractivity contribution in [3.05, 3.63) is 84.8 Å². The molecule has 0 unspecified atom stereocenters. The molecule has 4 aromatic rings. The van der Waals surface area contributed by atoms with E-state index in [1.54, 1.807) is 18.3 Å². The summed E-state index contributed by atoms with van der Waals surface area (Å²) in [5.74, 6) is 0.618. The van der Waals surface area contributed by atoms with Crippen molar-refractivity contribution in [1.82, 2.24) is 9.55 Å². The summed E-state index contributed by atoms with van der Waals surface area (Å²) in [5.41, 5.74) is 3.05. The first-order valence-corrected chi connectivity index (χ1v) is 7.11. The average molecular weight is 288 g/mol. The van der Waals surface area contributed by atoms with Gasteiger partial charge in [-0.2, -0.15) is 0 Å². The molecule has 0 bridgehead atoms. The van der Waals surface area contributed by atoms with E-state index >= 15 is 0 Å². The van der Waals surface area contributed by atoms with Gasteiger partial charge >= 0.3 is 0 Å². The third-order valence-corrected chi connectivity index (χ3v) is 3.73. The first-order valence-electron chi connectivity index (χ1n) is 7.11. The number of aromatic nitrogens is 2. The second-order valence-electron chi connectivity index (χ2n) is 5.12. The fraction of sp³-hybridized carbons (Fsp3) is 0. The normalized spacial score (nSPS) is 11.0. The van der Waals surface area contributed by atoms with E-state index in [-0.39, 0.29) is 5.82 Å². The predicted molar refractivity (Wildman–Crippen MR) is 86.5 cm³/mol. The Morgan fingerprint density at radius 3 is 2.36 bits per heavy atom. The number of benzene rings is 2. The molecule has 2 nitrogen and oxygen atoms in total. The lowest BCUT2D eigenvalue weighted by molar-refractivity contribution is 0.628. The van der Waals surface area contributed by atoms with Gasteiger partial charge in [-0.1, -0.05) is 24.3 Å². The molecule has 0 atom stereocenters. The maximum absolute atomic E-state index is 13.2. The van der Waals surface area contributed by atoms with Gasteiger partial charge in [0.1, 0.15) is 11.6 Å². The molecule has 0 amide bonds. The highest BCUT2D eigenvalue weighted by Gasteiger charge is 2.12. The zero-order valence-electron chi connectivity index (χ0n) is 11.8. The van der Waals surface area contributed by atoms with Crippen molar-refractivity contribution in [2.75, 3.05) is 0 Å². The van der Waals surface area contributed by atoms with Gasteiger partial charge < -0.3 is 0 Å². The summed E-state index contributed by atoms with van der Waals surface area (Å²) in [4.78, 5) is 4.46. The van der Waals surface area contributed by atoms with Crippen LogP contribution in [0.3, 0.4) is 0 Å². The van der Waals surface area contributed by atoms with Crippen LogP contribution in [0.5, 0.6) is 0 Å². The lowest BCUT2D eigenvalue weighted by atomic mass is 10.1. The van der Waals surface area contributed by atoms with Gasteiger partial charge in [-0.05, 0) is 54.1 Å². The standard InChI is InChI=1S/C19H13FN2/c20-16-10-8-14(9-11-16)18-13-15-5-1-2-6-17(15)22(18)19-7-3-4-12-21-19/h1-13H. The van der Waals surface area contributed by atoms with Crippen molar-refractivity contribution in [3.8, 4) is 17.1 Å². The minimum absolute atomic E-state index is 0.232. The van der Waals surface area contributed by atoms with Crippen LogP contribution in [0.1, 0.15) is 0 Å². The Morgan fingerprint density at radius 2 is 1.59 bits per heavy atom. The summed E-state index contributed by atoms with van der Waals surface area (Å²) < 4.78 is 15.3. The minimum atomic E-state index is -0.232. The second kappa shape index (κ2) is 5.11. The zero-order chi connectivity index (χ0) is 14.9. The summed E-state index contributed by atoms with van der Waals surface area (Å²) in [6.45, 7) is 0. The van der Waals surface area contributed by atoms with Crippen molar-refractivity contribution in [1.29, 1.82) is 0 Å². The number of fused-ring (bicyclic) bond motifs is 1. The summed E-state index contributed by atoms with van der Waals surface area (Å²) in [6.07, 6.45) is 1.78. The first-order chi connectivity index (χ1) is 10.8. The Labute approximate surface area is 127 Å². The van der Waals surface area contributed by atoms with Crippen LogP contribution in [-0.2, 0) is 0 Å². The molecule has 0 spiro atoms. The largest absolute Gasteiger partial charge is 0.294 e. The Bertz CT molecular complexity index is 925. The molecule has 0 aliphatic rings. The molecule has 0 aliphatic heterocycles. The maximum atomic E-state index is 13.2. The Morgan fingerprint density at radius 1 is 0.818 bits per heavy atom. The van der Waals surface area contributed by atoms with E-state index < -0.39 is 0 Å². The van der Waals surface area contributed by atoms with Crippen LogP contribution in [0, 0.1) is 5.82 Å². The van der Waals surface area contributed by atoms with Gasteiger partial charge in [0, 0.05) is 11.6 Å². The molecule has 0 radical (unpaired) electrons. The molecule has 2 aromatic heterocycles. The van der Waals surface area contributed by atoms with E-state index in [0.717, 1.165) is 28.0 Å². The van der Waals surface area contributed by atoms with Crippen molar-refractivity contribution in [2.45, 2.75) is 0 Å². The first kappa shape index (κ1) is 12.8. The van der Waals surface area contributed by atoms with Crippen LogP contribution >= 0.6 is 0 Å². The number of hydrogen-bond acceptors (Lipinski definition) is 1. The van der Waals surface area contributed by atoms with E-state index in [2.05, 4.69) is 27.8 Å². The zero-order valence-corrected chi connectivity index (χ0v) is 11.8. The molecule has 0 fully saturated rings. The number of hydrogen-bond donors (Lipinski definition) is 0. The summed E-state index contributed by atoms with van der Waals surface area (Å²) in [6, 6.07) is 22.7. The third-order valence-electron chi connectivity index (χ3n) is 3.73. The molecule has 3 heteroatoms. The quantitative estimate of drug-likeness (QED) is 0.516. The number of para-hydroxylation sites is 1. The van der Waals surface area contributed by atoms with E-state index in [9.17, 15) is 4.39 Å². The molecular formula is C19H13FN2. The van der Waals surface area contributed by atoms with E-state index in [1.807, 2.05) is 30.3 Å². The van der Waals surface area contributed by atoms with Crippen LogP contribution in [0.2, 0.25) is 0 Å². The number of pyridine rings is 1. The minimum Gasteiger partial charge on any atom is -0.294 e. The average Bonchev–Trinajstić information content (AvgIpc) is 2.96. The Hall–Kier alpha value is -2.94. The fourth-order valence-corrected chi connectivity index (χ4v) is 2.72. The number of rotatable bonds is 2. The molecule has 0 saturated heterocycles. The summed E-state index contributed by atoms with van der Waals surface area (Å²) in [7, 11) is 0. The Kier molecular flexibility index (Phi) is 2.97. The van der Waals surface area contributed by atoms with E-state index in [1.165, 1.54) is 12.1 Å². The Balaban J connectivity index is 2.04.